The molecule has 0 amide bonds. The Balaban J connectivity index is 3.29. The summed E-state index contributed by atoms with van der Waals surface area (Å²) in [6.07, 6.45) is 2.51. The monoisotopic (exact) mass is 260 g/mol. The third kappa shape index (κ3) is 11.4. The van der Waals surface area contributed by atoms with Gasteiger partial charge in [0.15, 0.2) is 0 Å². The van der Waals surface area contributed by atoms with Crippen LogP contribution in [-0.2, 0) is 19.1 Å². The third-order valence-electron chi connectivity index (χ3n) is 2.61. The van der Waals surface area contributed by atoms with Crippen LogP contribution in [0.2, 0.25) is 0 Å². The summed E-state index contributed by atoms with van der Waals surface area (Å²) in [6.45, 7) is 5.59. The standard InChI is InChI=1S/C13H24O5/c1-3-11(2)10-17-8-9-18-13(16)7-5-4-6-12(14)15/h11H,3-10H2,1-2H3,(H,14,15). The molecule has 5 heteroatoms. The zero-order chi connectivity index (χ0) is 13.8. The van der Waals surface area contributed by atoms with E-state index in [2.05, 4.69) is 13.8 Å². The molecule has 0 radical (unpaired) electrons. The second-order valence-corrected chi connectivity index (χ2v) is 4.41. The van der Waals surface area contributed by atoms with Gasteiger partial charge in [-0.15, -0.1) is 0 Å². The molecule has 0 spiro atoms. The lowest BCUT2D eigenvalue weighted by Crippen LogP contribution is -2.13. The first-order valence-electron chi connectivity index (χ1n) is 6.51. The van der Waals surface area contributed by atoms with Crippen molar-refractivity contribution in [3.8, 4) is 0 Å². The zero-order valence-electron chi connectivity index (χ0n) is 11.3. The molecule has 0 aromatic rings. The quantitative estimate of drug-likeness (QED) is 0.455. The van der Waals surface area contributed by atoms with Gasteiger partial charge >= 0.3 is 11.9 Å². The fourth-order valence-electron chi connectivity index (χ4n) is 1.23. The summed E-state index contributed by atoms with van der Waals surface area (Å²) >= 11 is 0. The van der Waals surface area contributed by atoms with Crippen molar-refractivity contribution in [3.63, 3.8) is 0 Å². The van der Waals surface area contributed by atoms with Crippen LogP contribution in [0.15, 0.2) is 0 Å². The van der Waals surface area contributed by atoms with E-state index in [4.69, 9.17) is 14.6 Å². The maximum absolute atomic E-state index is 11.2. The SMILES string of the molecule is CCC(C)COCCOC(=O)CCCCC(=O)O. The number of carbonyl (C=O) groups is 2. The molecule has 106 valence electrons. The van der Waals surface area contributed by atoms with Crippen LogP contribution in [-0.4, -0.2) is 36.9 Å². The molecule has 0 aliphatic carbocycles. The van der Waals surface area contributed by atoms with Crippen LogP contribution < -0.4 is 0 Å². The molecule has 1 unspecified atom stereocenters. The van der Waals surface area contributed by atoms with E-state index in [1.807, 2.05) is 0 Å². The van der Waals surface area contributed by atoms with Crippen LogP contribution >= 0.6 is 0 Å². The molecule has 5 nitrogen and oxygen atoms in total. The third-order valence-corrected chi connectivity index (χ3v) is 2.61. The van der Waals surface area contributed by atoms with Crippen molar-refractivity contribution in [2.75, 3.05) is 19.8 Å². The van der Waals surface area contributed by atoms with Gasteiger partial charge in [-0.2, -0.15) is 0 Å². The molecular weight excluding hydrogens is 236 g/mol. The summed E-state index contributed by atoms with van der Waals surface area (Å²) in [4.78, 5) is 21.5. The maximum Gasteiger partial charge on any atom is 0.305 e. The Morgan fingerprint density at radius 2 is 1.83 bits per heavy atom. The van der Waals surface area contributed by atoms with E-state index >= 15 is 0 Å². The van der Waals surface area contributed by atoms with E-state index in [0.717, 1.165) is 6.42 Å². The van der Waals surface area contributed by atoms with Gasteiger partial charge < -0.3 is 14.6 Å². The number of carbonyl (C=O) groups excluding carboxylic acids is 1. The predicted octanol–water partition coefficient (Wildman–Crippen LogP) is 2.24. The number of carboxylic acids is 1. The van der Waals surface area contributed by atoms with Crippen molar-refractivity contribution in [3.05, 3.63) is 0 Å². The molecule has 0 heterocycles. The second kappa shape index (κ2) is 11.0. The minimum Gasteiger partial charge on any atom is -0.481 e. The van der Waals surface area contributed by atoms with E-state index in [1.165, 1.54) is 0 Å². The van der Waals surface area contributed by atoms with Gasteiger partial charge in [0.25, 0.3) is 0 Å². The molecule has 0 aromatic heterocycles. The molecule has 0 fully saturated rings. The lowest BCUT2D eigenvalue weighted by molar-refractivity contribution is -0.146. The Hall–Kier alpha value is -1.10. The Kier molecular flexibility index (Phi) is 10.3. The van der Waals surface area contributed by atoms with Crippen LogP contribution in [0.25, 0.3) is 0 Å². The number of aliphatic carboxylic acids is 1. The van der Waals surface area contributed by atoms with Gasteiger partial charge in [-0.3, -0.25) is 9.59 Å². The van der Waals surface area contributed by atoms with Crippen molar-refractivity contribution < 1.29 is 24.2 Å². The molecule has 0 saturated heterocycles. The molecule has 18 heavy (non-hydrogen) atoms. The van der Waals surface area contributed by atoms with Crippen LogP contribution in [0.4, 0.5) is 0 Å². The minimum absolute atomic E-state index is 0.102. The first-order chi connectivity index (χ1) is 8.56. The van der Waals surface area contributed by atoms with Gasteiger partial charge in [0.05, 0.1) is 6.61 Å². The van der Waals surface area contributed by atoms with E-state index in [9.17, 15) is 9.59 Å². The molecule has 0 aliphatic rings. The topological polar surface area (TPSA) is 72.8 Å². The average Bonchev–Trinajstić information content (AvgIpc) is 2.33. The Bertz CT molecular complexity index is 240. The molecule has 0 rings (SSSR count). The molecule has 0 saturated carbocycles. The van der Waals surface area contributed by atoms with Crippen LogP contribution in [0.3, 0.4) is 0 Å². The molecule has 0 aromatic carbocycles. The maximum atomic E-state index is 11.2. The summed E-state index contributed by atoms with van der Waals surface area (Å²) < 4.78 is 10.3. The van der Waals surface area contributed by atoms with Crippen LogP contribution in [0.1, 0.15) is 46.0 Å². The minimum atomic E-state index is -0.832. The van der Waals surface area contributed by atoms with Crippen molar-refractivity contribution >= 4 is 11.9 Å². The van der Waals surface area contributed by atoms with Crippen molar-refractivity contribution in [2.24, 2.45) is 5.92 Å². The Morgan fingerprint density at radius 3 is 2.44 bits per heavy atom. The Labute approximate surface area is 108 Å². The number of rotatable bonds is 11. The summed E-state index contributed by atoms with van der Waals surface area (Å²) in [5.41, 5.74) is 0. The largest absolute Gasteiger partial charge is 0.481 e. The average molecular weight is 260 g/mol. The lowest BCUT2D eigenvalue weighted by atomic mass is 10.1. The van der Waals surface area contributed by atoms with E-state index < -0.39 is 5.97 Å². The first kappa shape index (κ1) is 16.9. The molecule has 1 N–H and O–H groups in total. The highest BCUT2D eigenvalue weighted by atomic mass is 16.6. The van der Waals surface area contributed by atoms with Gasteiger partial charge in [0.2, 0.25) is 0 Å². The number of hydrogen-bond acceptors (Lipinski definition) is 4. The molecule has 0 bridgehead atoms. The fourth-order valence-corrected chi connectivity index (χ4v) is 1.23. The highest BCUT2D eigenvalue weighted by Gasteiger charge is 2.04. The van der Waals surface area contributed by atoms with Crippen molar-refractivity contribution in [2.45, 2.75) is 46.0 Å². The number of unbranched alkanes of at least 4 members (excludes halogenated alkanes) is 1. The van der Waals surface area contributed by atoms with E-state index in [-0.39, 0.29) is 25.4 Å². The molecule has 1 atom stereocenters. The summed E-state index contributed by atoms with van der Waals surface area (Å²) in [7, 11) is 0. The fraction of sp³-hybridized carbons (Fsp3) is 0.846. The molecule has 0 aliphatic heterocycles. The Morgan fingerprint density at radius 1 is 1.17 bits per heavy atom. The van der Waals surface area contributed by atoms with Gasteiger partial charge in [0, 0.05) is 19.4 Å². The number of carboxylic acid groups (broad SMARTS) is 1. The van der Waals surface area contributed by atoms with E-state index in [1.54, 1.807) is 0 Å². The smallest absolute Gasteiger partial charge is 0.305 e. The number of hydrogen-bond donors (Lipinski definition) is 1. The highest BCUT2D eigenvalue weighted by Crippen LogP contribution is 2.02. The van der Waals surface area contributed by atoms with Gasteiger partial charge in [-0.25, -0.2) is 0 Å². The van der Waals surface area contributed by atoms with Gasteiger partial charge in [0.1, 0.15) is 6.61 Å². The number of ether oxygens (including phenoxy) is 2. The van der Waals surface area contributed by atoms with Crippen LogP contribution in [0, 0.1) is 5.92 Å². The van der Waals surface area contributed by atoms with Crippen LogP contribution in [0.5, 0.6) is 0 Å². The van der Waals surface area contributed by atoms with Crippen molar-refractivity contribution in [1.82, 2.24) is 0 Å². The first-order valence-corrected chi connectivity index (χ1v) is 6.51. The van der Waals surface area contributed by atoms with Gasteiger partial charge in [-0.1, -0.05) is 20.3 Å². The highest BCUT2D eigenvalue weighted by molar-refractivity contribution is 5.69. The summed E-state index contributed by atoms with van der Waals surface area (Å²) in [5, 5.41) is 8.41. The lowest BCUT2D eigenvalue weighted by Gasteiger charge is -2.09. The second-order valence-electron chi connectivity index (χ2n) is 4.41. The normalized spacial score (nSPS) is 12.1. The number of esters is 1. The molecular formula is C13H24O5. The van der Waals surface area contributed by atoms with Gasteiger partial charge in [-0.05, 0) is 18.8 Å². The van der Waals surface area contributed by atoms with Crippen molar-refractivity contribution in [1.29, 1.82) is 0 Å². The zero-order valence-corrected chi connectivity index (χ0v) is 11.3. The summed E-state index contributed by atoms with van der Waals surface area (Å²) in [6, 6.07) is 0. The van der Waals surface area contributed by atoms with E-state index in [0.29, 0.717) is 32.0 Å². The summed E-state index contributed by atoms with van der Waals surface area (Å²) in [5.74, 6) is -0.592. The predicted molar refractivity (Wildman–Crippen MR) is 67.3 cm³/mol.